The minimum atomic E-state index is -1.49. The van der Waals surface area contributed by atoms with Crippen LogP contribution < -0.4 is 0 Å². The standard InChI is InChI=1S/C12H8ClFN2O3S/c1-20(19)9-3-2-6(13)11(14)10(9)7-4-15-5-8(16-7)12(17)18/h2-5H,1H3,(H,17,18). The van der Waals surface area contributed by atoms with Gasteiger partial charge in [-0.05, 0) is 23.3 Å². The second-order valence-corrected chi connectivity index (χ2v) is 5.54. The Hall–Kier alpha value is -1.70. The lowest BCUT2D eigenvalue weighted by Gasteiger charge is -2.11. The third-order valence-corrected chi connectivity index (χ3v) is 3.73. The van der Waals surface area contributed by atoms with Crippen molar-refractivity contribution in [1.82, 2.24) is 9.97 Å². The Balaban J connectivity index is 2.71. The highest BCUT2D eigenvalue weighted by Crippen LogP contribution is 2.32. The van der Waals surface area contributed by atoms with Gasteiger partial charge in [-0.2, -0.15) is 0 Å². The van der Waals surface area contributed by atoms with E-state index in [1.165, 1.54) is 24.6 Å². The average molecular weight is 315 g/mol. The van der Waals surface area contributed by atoms with Gasteiger partial charge in [0.25, 0.3) is 0 Å². The van der Waals surface area contributed by atoms with E-state index in [0.717, 1.165) is 6.20 Å². The molecule has 1 N–H and O–H groups in total. The monoisotopic (exact) mass is 314 g/mol. The number of nitrogens with zero attached hydrogens (tertiary/aromatic N) is 2. The smallest absolute Gasteiger partial charge is 0.356 e. The van der Waals surface area contributed by atoms with Crippen molar-refractivity contribution in [3.63, 3.8) is 0 Å². The van der Waals surface area contributed by atoms with Crippen LogP contribution in [0.4, 0.5) is 4.39 Å². The maximum absolute atomic E-state index is 14.2. The molecule has 0 aliphatic rings. The van der Waals surface area contributed by atoms with Gasteiger partial charge in [-0.1, -0.05) is 11.6 Å². The summed E-state index contributed by atoms with van der Waals surface area (Å²) >= 11 is 4.21. The van der Waals surface area contributed by atoms with Crippen molar-refractivity contribution in [1.29, 1.82) is 0 Å². The zero-order valence-electron chi connectivity index (χ0n) is 10.1. The fraction of sp³-hybridized carbons (Fsp3) is 0.0833. The van der Waals surface area contributed by atoms with Gasteiger partial charge in [0, 0.05) is 0 Å². The summed E-state index contributed by atoms with van der Waals surface area (Å²) < 4.78 is 25.8. The second kappa shape index (κ2) is 5.74. The van der Waals surface area contributed by atoms with Gasteiger partial charge in [-0.15, -0.1) is 0 Å². The van der Waals surface area contributed by atoms with E-state index in [1.54, 1.807) is 0 Å². The molecule has 1 aromatic carbocycles. The molecule has 2 aromatic rings. The number of carboxylic acids is 1. The molecule has 8 heteroatoms. The van der Waals surface area contributed by atoms with Crippen LogP contribution in [0.1, 0.15) is 10.5 Å². The molecule has 0 aliphatic carbocycles. The minimum Gasteiger partial charge on any atom is -0.612 e. The van der Waals surface area contributed by atoms with E-state index in [2.05, 4.69) is 9.97 Å². The molecule has 0 aliphatic heterocycles. The van der Waals surface area contributed by atoms with Crippen LogP contribution in [0.3, 0.4) is 0 Å². The normalized spacial score (nSPS) is 12.2. The van der Waals surface area contributed by atoms with Crippen LogP contribution >= 0.6 is 11.6 Å². The topological polar surface area (TPSA) is 86.1 Å². The van der Waals surface area contributed by atoms with Crippen LogP contribution in [0.25, 0.3) is 11.3 Å². The van der Waals surface area contributed by atoms with Crippen molar-refractivity contribution in [2.75, 3.05) is 6.26 Å². The second-order valence-electron chi connectivity index (χ2n) is 3.78. The fourth-order valence-electron chi connectivity index (χ4n) is 1.60. The van der Waals surface area contributed by atoms with Crippen LogP contribution in [-0.2, 0) is 11.2 Å². The molecule has 0 fully saturated rings. The van der Waals surface area contributed by atoms with E-state index in [1.807, 2.05) is 0 Å². The summed E-state index contributed by atoms with van der Waals surface area (Å²) in [7, 11) is 0. The lowest BCUT2D eigenvalue weighted by Crippen LogP contribution is -2.06. The minimum absolute atomic E-state index is 0.0323. The number of aromatic carboxylic acids is 1. The Morgan fingerprint density at radius 1 is 1.45 bits per heavy atom. The third kappa shape index (κ3) is 2.74. The maximum atomic E-state index is 14.2. The van der Waals surface area contributed by atoms with Crippen molar-refractivity contribution in [3.8, 4) is 11.3 Å². The van der Waals surface area contributed by atoms with Gasteiger partial charge < -0.3 is 9.66 Å². The molecule has 1 unspecified atom stereocenters. The van der Waals surface area contributed by atoms with E-state index < -0.39 is 23.0 Å². The van der Waals surface area contributed by atoms with E-state index in [0.29, 0.717) is 0 Å². The first-order chi connectivity index (χ1) is 9.41. The van der Waals surface area contributed by atoms with E-state index >= 15 is 0 Å². The van der Waals surface area contributed by atoms with Crippen molar-refractivity contribution >= 4 is 28.7 Å². The molecule has 2 rings (SSSR count). The Morgan fingerprint density at radius 3 is 2.75 bits per heavy atom. The summed E-state index contributed by atoms with van der Waals surface area (Å²) in [6.45, 7) is 0. The zero-order chi connectivity index (χ0) is 14.9. The molecule has 0 radical (unpaired) electrons. The van der Waals surface area contributed by atoms with Gasteiger partial charge in [-0.25, -0.2) is 14.2 Å². The van der Waals surface area contributed by atoms with Gasteiger partial charge >= 0.3 is 5.97 Å². The van der Waals surface area contributed by atoms with Gasteiger partial charge in [0.15, 0.2) is 16.4 Å². The van der Waals surface area contributed by atoms with E-state index in [-0.39, 0.29) is 26.9 Å². The molecule has 104 valence electrons. The molecule has 0 bridgehead atoms. The first-order valence-corrected chi connectivity index (χ1v) is 7.22. The van der Waals surface area contributed by atoms with Crippen molar-refractivity contribution < 1.29 is 18.8 Å². The molecule has 0 amide bonds. The largest absolute Gasteiger partial charge is 0.612 e. The Kier molecular flexibility index (Phi) is 4.22. The highest BCUT2D eigenvalue weighted by molar-refractivity contribution is 7.90. The van der Waals surface area contributed by atoms with E-state index in [9.17, 15) is 13.7 Å². The van der Waals surface area contributed by atoms with Crippen LogP contribution in [0, 0.1) is 5.82 Å². The van der Waals surface area contributed by atoms with Crippen LogP contribution in [-0.4, -0.2) is 31.9 Å². The summed E-state index contributed by atoms with van der Waals surface area (Å²) in [5, 5.41) is 8.71. The molecule has 1 heterocycles. The number of rotatable bonds is 3. The number of hydrogen-bond donors (Lipinski definition) is 1. The third-order valence-electron chi connectivity index (χ3n) is 2.48. The van der Waals surface area contributed by atoms with Crippen molar-refractivity contribution in [2.24, 2.45) is 0 Å². The molecule has 5 nitrogen and oxygen atoms in total. The van der Waals surface area contributed by atoms with Crippen LogP contribution in [0.2, 0.25) is 5.02 Å². The fourth-order valence-corrected chi connectivity index (χ4v) is 2.50. The van der Waals surface area contributed by atoms with Crippen LogP contribution in [0.5, 0.6) is 0 Å². The van der Waals surface area contributed by atoms with Gasteiger partial charge in [-0.3, -0.25) is 4.98 Å². The Morgan fingerprint density at radius 2 is 2.15 bits per heavy atom. The predicted octanol–water partition coefficient (Wildman–Crippen LogP) is 2.37. The quantitative estimate of drug-likeness (QED) is 0.879. The first kappa shape index (κ1) is 14.7. The van der Waals surface area contributed by atoms with Crippen LogP contribution in [0.15, 0.2) is 29.4 Å². The van der Waals surface area contributed by atoms with Crippen molar-refractivity contribution in [3.05, 3.63) is 41.1 Å². The lowest BCUT2D eigenvalue weighted by molar-refractivity contribution is 0.0690. The van der Waals surface area contributed by atoms with Gasteiger partial charge in [0.2, 0.25) is 0 Å². The molecular formula is C12H8ClFN2O3S. The SMILES string of the molecule is C[S+]([O-])c1ccc(Cl)c(F)c1-c1cncc(C(=O)O)n1. The Bertz CT molecular complexity index is 682. The van der Waals surface area contributed by atoms with Crippen molar-refractivity contribution in [2.45, 2.75) is 4.90 Å². The van der Waals surface area contributed by atoms with E-state index in [4.69, 9.17) is 16.7 Å². The molecule has 0 saturated heterocycles. The summed E-state index contributed by atoms with van der Waals surface area (Å²) in [4.78, 5) is 18.5. The highest BCUT2D eigenvalue weighted by atomic mass is 35.5. The predicted molar refractivity (Wildman–Crippen MR) is 71.7 cm³/mol. The number of carboxylic acid groups (broad SMARTS) is 1. The molecule has 0 saturated carbocycles. The number of halogens is 2. The molecule has 1 atom stereocenters. The maximum Gasteiger partial charge on any atom is 0.356 e. The molecule has 1 aromatic heterocycles. The number of aromatic nitrogens is 2. The zero-order valence-corrected chi connectivity index (χ0v) is 11.7. The molecule has 0 spiro atoms. The summed E-state index contributed by atoms with van der Waals surface area (Å²) in [6, 6.07) is 2.69. The first-order valence-electron chi connectivity index (χ1n) is 5.29. The Labute approximate surface area is 121 Å². The number of carbonyl (C=O) groups is 1. The summed E-state index contributed by atoms with van der Waals surface area (Å²) in [5.41, 5.74) is -0.473. The van der Waals surface area contributed by atoms with Gasteiger partial charge in [0.05, 0.1) is 28.7 Å². The lowest BCUT2D eigenvalue weighted by atomic mass is 10.1. The summed E-state index contributed by atoms with van der Waals surface area (Å²) in [6.07, 6.45) is 3.61. The average Bonchev–Trinajstić information content (AvgIpc) is 2.41. The summed E-state index contributed by atoms with van der Waals surface area (Å²) in [5.74, 6) is -2.10. The number of hydrogen-bond acceptors (Lipinski definition) is 4. The number of benzene rings is 1. The highest BCUT2D eigenvalue weighted by Gasteiger charge is 2.22. The molecule has 20 heavy (non-hydrogen) atoms. The van der Waals surface area contributed by atoms with Gasteiger partial charge in [0.1, 0.15) is 6.26 Å². The molecular weight excluding hydrogens is 307 g/mol.